The summed E-state index contributed by atoms with van der Waals surface area (Å²) in [5.41, 5.74) is 12.6. The predicted molar refractivity (Wildman–Crippen MR) is 69.0 cm³/mol. The molecule has 0 atom stereocenters. The molecule has 19 heavy (non-hydrogen) atoms. The van der Waals surface area contributed by atoms with Gasteiger partial charge in [-0.3, -0.25) is 0 Å². The number of hydrogen-bond donors (Lipinski definition) is 2. The summed E-state index contributed by atoms with van der Waals surface area (Å²) in [6.45, 7) is 0.190. The Labute approximate surface area is 109 Å². The van der Waals surface area contributed by atoms with Gasteiger partial charge in [-0.25, -0.2) is 4.98 Å². The van der Waals surface area contributed by atoms with E-state index >= 15 is 0 Å². The minimum absolute atomic E-state index is 0.106. The van der Waals surface area contributed by atoms with E-state index in [4.69, 9.17) is 25.7 Å². The fraction of sp³-hybridized carbons (Fsp3) is 0.167. The number of aromatic nitrogens is 2. The highest BCUT2D eigenvalue weighted by Gasteiger charge is 2.19. The Morgan fingerprint density at radius 2 is 1.84 bits per heavy atom. The van der Waals surface area contributed by atoms with Gasteiger partial charge in [-0.2, -0.15) is 4.98 Å². The van der Waals surface area contributed by atoms with Crippen LogP contribution in [-0.4, -0.2) is 23.9 Å². The maximum absolute atomic E-state index is 5.67. The van der Waals surface area contributed by atoms with Gasteiger partial charge in [0.1, 0.15) is 11.6 Å². The van der Waals surface area contributed by atoms with Gasteiger partial charge < -0.3 is 25.7 Å². The van der Waals surface area contributed by atoms with Crippen molar-refractivity contribution in [3.63, 3.8) is 0 Å². The van der Waals surface area contributed by atoms with Crippen molar-refractivity contribution in [2.45, 2.75) is 0 Å². The van der Waals surface area contributed by atoms with E-state index in [1.807, 2.05) is 0 Å². The van der Waals surface area contributed by atoms with Crippen LogP contribution in [0.5, 0.6) is 17.2 Å². The topological polar surface area (TPSA) is 106 Å². The summed E-state index contributed by atoms with van der Waals surface area (Å²) in [6, 6.07) is 5.14. The lowest BCUT2D eigenvalue weighted by Crippen LogP contribution is -2.01. The van der Waals surface area contributed by atoms with Gasteiger partial charge in [0.25, 0.3) is 0 Å². The molecule has 7 nitrogen and oxygen atoms in total. The minimum atomic E-state index is 0.106. The predicted octanol–water partition coefficient (Wildman–Crippen LogP) is 1.05. The summed E-state index contributed by atoms with van der Waals surface area (Å²) in [7, 11) is 1.56. The summed E-state index contributed by atoms with van der Waals surface area (Å²) in [5.74, 6) is 2.26. The maximum Gasteiger partial charge on any atom is 0.231 e. The van der Waals surface area contributed by atoms with Crippen molar-refractivity contribution < 1.29 is 14.2 Å². The summed E-state index contributed by atoms with van der Waals surface area (Å²) < 4.78 is 16.0. The zero-order valence-corrected chi connectivity index (χ0v) is 10.2. The molecule has 7 heteroatoms. The highest BCUT2D eigenvalue weighted by atomic mass is 16.7. The molecule has 0 aliphatic carbocycles. The third-order valence-electron chi connectivity index (χ3n) is 2.73. The van der Waals surface area contributed by atoms with Crippen molar-refractivity contribution in [1.82, 2.24) is 9.97 Å². The van der Waals surface area contributed by atoms with Crippen LogP contribution in [0.1, 0.15) is 0 Å². The molecule has 98 valence electrons. The average Bonchev–Trinajstić information content (AvgIpc) is 2.83. The van der Waals surface area contributed by atoms with Gasteiger partial charge in [0.2, 0.25) is 12.7 Å². The number of benzene rings is 1. The van der Waals surface area contributed by atoms with Crippen molar-refractivity contribution in [3.05, 3.63) is 18.2 Å². The van der Waals surface area contributed by atoms with Gasteiger partial charge in [-0.05, 0) is 6.07 Å². The third kappa shape index (κ3) is 1.95. The number of hydrogen-bond acceptors (Lipinski definition) is 7. The lowest BCUT2D eigenvalue weighted by molar-refractivity contribution is 0.174. The summed E-state index contributed by atoms with van der Waals surface area (Å²) >= 11 is 0. The summed E-state index contributed by atoms with van der Waals surface area (Å²) in [4.78, 5) is 7.98. The SMILES string of the molecule is COc1cc2c(cc1-c1cc(N)nc(N)n1)OCO2. The molecule has 0 spiro atoms. The Bertz CT molecular complexity index is 625. The van der Waals surface area contributed by atoms with E-state index in [0.29, 0.717) is 34.3 Å². The lowest BCUT2D eigenvalue weighted by atomic mass is 10.1. The highest BCUT2D eigenvalue weighted by Crippen LogP contribution is 2.42. The second-order valence-electron chi connectivity index (χ2n) is 3.94. The number of nitrogens with zero attached hydrogens (tertiary/aromatic N) is 2. The van der Waals surface area contributed by atoms with E-state index in [-0.39, 0.29) is 12.7 Å². The van der Waals surface area contributed by atoms with Crippen molar-refractivity contribution in [2.75, 3.05) is 25.4 Å². The fourth-order valence-electron chi connectivity index (χ4n) is 1.92. The van der Waals surface area contributed by atoms with Gasteiger partial charge >= 0.3 is 0 Å². The molecule has 0 fully saturated rings. The molecule has 2 aromatic rings. The van der Waals surface area contributed by atoms with Gasteiger partial charge in [0.15, 0.2) is 11.5 Å². The molecule has 0 saturated heterocycles. The average molecular weight is 260 g/mol. The first-order valence-corrected chi connectivity index (χ1v) is 5.55. The number of nitrogen functional groups attached to an aromatic ring is 2. The molecular weight excluding hydrogens is 248 g/mol. The number of methoxy groups -OCH3 is 1. The van der Waals surface area contributed by atoms with Gasteiger partial charge in [-0.15, -0.1) is 0 Å². The normalized spacial score (nSPS) is 12.5. The third-order valence-corrected chi connectivity index (χ3v) is 2.73. The number of rotatable bonds is 2. The van der Waals surface area contributed by atoms with Crippen LogP contribution in [0.2, 0.25) is 0 Å². The van der Waals surface area contributed by atoms with Crippen LogP contribution in [0.4, 0.5) is 11.8 Å². The van der Waals surface area contributed by atoms with E-state index in [2.05, 4.69) is 9.97 Å². The van der Waals surface area contributed by atoms with Crippen LogP contribution < -0.4 is 25.7 Å². The maximum atomic E-state index is 5.67. The zero-order chi connectivity index (χ0) is 13.4. The molecule has 0 saturated carbocycles. The van der Waals surface area contributed by atoms with Crippen molar-refractivity contribution in [2.24, 2.45) is 0 Å². The number of ether oxygens (including phenoxy) is 3. The van der Waals surface area contributed by atoms with Gasteiger partial charge in [-0.1, -0.05) is 0 Å². The Hall–Kier alpha value is -2.70. The number of anilines is 2. The number of nitrogens with two attached hydrogens (primary N) is 2. The minimum Gasteiger partial charge on any atom is -0.496 e. The largest absolute Gasteiger partial charge is 0.496 e. The lowest BCUT2D eigenvalue weighted by Gasteiger charge is -2.10. The molecular formula is C12H12N4O3. The van der Waals surface area contributed by atoms with E-state index in [9.17, 15) is 0 Å². The molecule has 4 N–H and O–H groups in total. The molecule has 0 radical (unpaired) electrons. The van der Waals surface area contributed by atoms with Crippen molar-refractivity contribution in [3.8, 4) is 28.5 Å². The van der Waals surface area contributed by atoms with Crippen LogP contribution in [0, 0.1) is 0 Å². The molecule has 0 bridgehead atoms. The Morgan fingerprint density at radius 3 is 2.53 bits per heavy atom. The first-order chi connectivity index (χ1) is 9.17. The fourth-order valence-corrected chi connectivity index (χ4v) is 1.92. The van der Waals surface area contributed by atoms with Crippen LogP contribution in [0.15, 0.2) is 18.2 Å². The monoisotopic (exact) mass is 260 g/mol. The smallest absolute Gasteiger partial charge is 0.231 e. The van der Waals surface area contributed by atoms with E-state index in [1.165, 1.54) is 0 Å². The molecule has 1 aromatic heterocycles. The van der Waals surface area contributed by atoms with E-state index in [1.54, 1.807) is 25.3 Å². The standard InChI is InChI=1S/C12H12N4O3/c1-17-8-4-10-9(18-5-19-10)2-6(8)7-3-11(13)16-12(14)15-7/h2-4H,5H2,1H3,(H4,13,14,15,16). The molecule has 1 aliphatic rings. The van der Waals surface area contributed by atoms with Crippen LogP contribution in [-0.2, 0) is 0 Å². The molecule has 1 aliphatic heterocycles. The second-order valence-corrected chi connectivity index (χ2v) is 3.94. The van der Waals surface area contributed by atoms with Crippen LogP contribution in [0.3, 0.4) is 0 Å². The van der Waals surface area contributed by atoms with Crippen LogP contribution in [0.25, 0.3) is 11.3 Å². The highest BCUT2D eigenvalue weighted by molar-refractivity contribution is 5.73. The number of fused-ring (bicyclic) bond motifs is 1. The molecule has 3 rings (SSSR count). The van der Waals surface area contributed by atoms with Crippen molar-refractivity contribution in [1.29, 1.82) is 0 Å². The Balaban J connectivity index is 2.18. The molecule has 1 aromatic carbocycles. The second kappa shape index (κ2) is 4.20. The van der Waals surface area contributed by atoms with E-state index in [0.717, 1.165) is 0 Å². The zero-order valence-electron chi connectivity index (χ0n) is 10.2. The molecule has 2 heterocycles. The Kier molecular flexibility index (Phi) is 2.52. The molecule has 0 amide bonds. The summed E-state index contributed by atoms with van der Waals surface area (Å²) in [5, 5.41) is 0. The van der Waals surface area contributed by atoms with Gasteiger partial charge in [0, 0.05) is 17.7 Å². The summed E-state index contributed by atoms with van der Waals surface area (Å²) in [6.07, 6.45) is 0. The quantitative estimate of drug-likeness (QED) is 0.831. The molecule has 0 unspecified atom stereocenters. The van der Waals surface area contributed by atoms with E-state index < -0.39 is 0 Å². The Morgan fingerprint density at radius 1 is 1.11 bits per heavy atom. The first-order valence-electron chi connectivity index (χ1n) is 5.55. The van der Waals surface area contributed by atoms with Crippen molar-refractivity contribution >= 4 is 11.8 Å². The first kappa shape index (κ1) is 11.4. The van der Waals surface area contributed by atoms with Gasteiger partial charge in [0.05, 0.1) is 12.8 Å². The van der Waals surface area contributed by atoms with Crippen LogP contribution >= 0.6 is 0 Å².